The van der Waals surface area contributed by atoms with Gasteiger partial charge in [0.05, 0.1) is 5.56 Å². The standard InChI is InChI=1S/C15H16N2O2S2/c1-4-20-11-6-5-7-12(13(11)14(18)19)21-15-16-9(2)8-10(3)17-15/h5-8H,4H2,1-3H3,(H,18,19). The van der Waals surface area contributed by atoms with E-state index in [9.17, 15) is 9.90 Å². The molecule has 2 aromatic rings. The molecule has 1 aromatic carbocycles. The van der Waals surface area contributed by atoms with E-state index in [4.69, 9.17) is 0 Å². The van der Waals surface area contributed by atoms with Gasteiger partial charge in [-0.25, -0.2) is 14.8 Å². The number of nitrogens with zero attached hydrogens (tertiary/aromatic N) is 2. The van der Waals surface area contributed by atoms with E-state index in [-0.39, 0.29) is 0 Å². The van der Waals surface area contributed by atoms with E-state index in [1.54, 1.807) is 6.07 Å². The fraction of sp³-hybridized carbons (Fsp3) is 0.267. The highest BCUT2D eigenvalue weighted by Crippen LogP contribution is 2.34. The van der Waals surface area contributed by atoms with Crippen molar-refractivity contribution in [2.24, 2.45) is 0 Å². The average Bonchev–Trinajstić information content (AvgIpc) is 2.37. The lowest BCUT2D eigenvalue weighted by atomic mass is 10.2. The molecule has 4 nitrogen and oxygen atoms in total. The van der Waals surface area contributed by atoms with Crippen molar-refractivity contribution in [3.05, 3.63) is 41.2 Å². The zero-order chi connectivity index (χ0) is 15.4. The lowest BCUT2D eigenvalue weighted by molar-refractivity contribution is 0.0689. The molecule has 0 bridgehead atoms. The molecule has 1 aromatic heterocycles. The maximum Gasteiger partial charge on any atom is 0.337 e. The molecule has 0 radical (unpaired) electrons. The summed E-state index contributed by atoms with van der Waals surface area (Å²) in [5.74, 6) is -0.0903. The van der Waals surface area contributed by atoms with Gasteiger partial charge < -0.3 is 5.11 Å². The number of rotatable bonds is 5. The molecule has 0 amide bonds. The SMILES string of the molecule is CCSc1cccc(Sc2nc(C)cc(C)n2)c1C(=O)O. The second kappa shape index (κ2) is 6.95. The van der Waals surface area contributed by atoms with Crippen LogP contribution in [0.3, 0.4) is 0 Å². The average molecular weight is 320 g/mol. The Kier molecular flexibility index (Phi) is 5.25. The van der Waals surface area contributed by atoms with Crippen molar-refractivity contribution in [2.45, 2.75) is 35.7 Å². The van der Waals surface area contributed by atoms with Gasteiger partial charge in [-0.2, -0.15) is 0 Å². The van der Waals surface area contributed by atoms with Gasteiger partial charge in [-0.05, 0) is 49.6 Å². The molecule has 0 unspecified atom stereocenters. The molecule has 0 atom stereocenters. The number of carboxylic acid groups (broad SMARTS) is 1. The predicted octanol–water partition coefficient (Wildman–Crippen LogP) is 4.05. The number of aromatic carboxylic acids is 1. The zero-order valence-electron chi connectivity index (χ0n) is 12.1. The third-order valence-electron chi connectivity index (χ3n) is 2.66. The van der Waals surface area contributed by atoms with Gasteiger partial charge in [0.2, 0.25) is 0 Å². The van der Waals surface area contributed by atoms with Crippen LogP contribution in [0.2, 0.25) is 0 Å². The van der Waals surface area contributed by atoms with Gasteiger partial charge in [0, 0.05) is 21.2 Å². The van der Waals surface area contributed by atoms with Crippen LogP contribution >= 0.6 is 23.5 Å². The summed E-state index contributed by atoms with van der Waals surface area (Å²) in [6.45, 7) is 5.81. The number of aryl methyl sites for hydroxylation is 2. The monoisotopic (exact) mass is 320 g/mol. The molecule has 0 aliphatic rings. The molecular weight excluding hydrogens is 304 g/mol. The van der Waals surface area contributed by atoms with Gasteiger partial charge in [-0.1, -0.05) is 13.0 Å². The van der Waals surface area contributed by atoms with E-state index in [1.165, 1.54) is 23.5 Å². The second-order valence-electron chi connectivity index (χ2n) is 4.40. The minimum absolute atomic E-state index is 0.331. The van der Waals surface area contributed by atoms with Crippen molar-refractivity contribution in [3.8, 4) is 0 Å². The minimum Gasteiger partial charge on any atom is -0.478 e. The van der Waals surface area contributed by atoms with Crippen LogP contribution in [0, 0.1) is 13.8 Å². The fourth-order valence-electron chi connectivity index (χ4n) is 1.92. The first-order chi connectivity index (χ1) is 10.0. The van der Waals surface area contributed by atoms with Crippen LogP contribution in [0.15, 0.2) is 39.2 Å². The van der Waals surface area contributed by atoms with Crippen molar-refractivity contribution in [3.63, 3.8) is 0 Å². The molecule has 0 spiro atoms. The molecule has 0 aliphatic carbocycles. The summed E-state index contributed by atoms with van der Waals surface area (Å²) < 4.78 is 0. The number of benzene rings is 1. The molecule has 0 saturated heterocycles. The number of carboxylic acids is 1. The Morgan fingerprint density at radius 3 is 2.38 bits per heavy atom. The largest absolute Gasteiger partial charge is 0.478 e. The third-order valence-corrected chi connectivity index (χ3v) is 4.53. The Morgan fingerprint density at radius 1 is 1.19 bits per heavy atom. The highest BCUT2D eigenvalue weighted by molar-refractivity contribution is 8.00. The summed E-state index contributed by atoms with van der Waals surface area (Å²) in [5, 5.41) is 10.1. The summed E-state index contributed by atoms with van der Waals surface area (Å²) >= 11 is 2.82. The summed E-state index contributed by atoms with van der Waals surface area (Å²) in [7, 11) is 0. The summed E-state index contributed by atoms with van der Waals surface area (Å²) in [6.07, 6.45) is 0. The van der Waals surface area contributed by atoms with E-state index >= 15 is 0 Å². The predicted molar refractivity (Wildman–Crippen MR) is 85.4 cm³/mol. The van der Waals surface area contributed by atoms with Crippen molar-refractivity contribution in [1.82, 2.24) is 9.97 Å². The number of hydrogen-bond donors (Lipinski definition) is 1. The summed E-state index contributed by atoms with van der Waals surface area (Å²) in [6, 6.07) is 7.40. The molecule has 0 saturated carbocycles. The van der Waals surface area contributed by atoms with Crippen molar-refractivity contribution in [2.75, 3.05) is 5.75 Å². The van der Waals surface area contributed by atoms with Gasteiger partial charge in [-0.3, -0.25) is 0 Å². The molecular formula is C15H16N2O2S2. The van der Waals surface area contributed by atoms with E-state index in [0.717, 1.165) is 22.0 Å². The highest BCUT2D eigenvalue weighted by Gasteiger charge is 2.17. The maximum absolute atomic E-state index is 11.6. The Balaban J connectivity index is 2.43. The number of thioether (sulfide) groups is 1. The minimum atomic E-state index is -0.918. The number of hydrogen-bond acceptors (Lipinski definition) is 5. The Labute approximate surface area is 132 Å². The van der Waals surface area contributed by atoms with Crippen LogP contribution in [0.4, 0.5) is 0 Å². The third kappa shape index (κ3) is 3.98. The molecule has 1 heterocycles. The van der Waals surface area contributed by atoms with E-state index in [2.05, 4.69) is 9.97 Å². The van der Waals surface area contributed by atoms with E-state index in [0.29, 0.717) is 15.6 Å². The molecule has 0 aliphatic heterocycles. The second-order valence-corrected chi connectivity index (χ2v) is 6.72. The first-order valence-corrected chi connectivity index (χ1v) is 8.30. The first-order valence-electron chi connectivity index (χ1n) is 6.50. The highest BCUT2D eigenvalue weighted by atomic mass is 32.2. The molecule has 6 heteroatoms. The molecule has 2 rings (SSSR count). The lowest BCUT2D eigenvalue weighted by Crippen LogP contribution is -2.02. The number of aromatic nitrogens is 2. The normalized spacial score (nSPS) is 10.6. The maximum atomic E-state index is 11.6. The van der Waals surface area contributed by atoms with Crippen molar-refractivity contribution in [1.29, 1.82) is 0 Å². The smallest absolute Gasteiger partial charge is 0.337 e. The van der Waals surface area contributed by atoms with E-state index < -0.39 is 5.97 Å². The fourth-order valence-corrected chi connectivity index (χ4v) is 3.83. The summed E-state index contributed by atoms with van der Waals surface area (Å²) in [5.41, 5.74) is 2.08. The van der Waals surface area contributed by atoms with Gasteiger partial charge >= 0.3 is 5.97 Å². The van der Waals surface area contributed by atoms with Crippen LogP contribution in [-0.4, -0.2) is 26.8 Å². The Morgan fingerprint density at radius 2 is 1.81 bits per heavy atom. The van der Waals surface area contributed by atoms with Crippen LogP contribution in [0.5, 0.6) is 0 Å². The van der Waals surface area contributed by atoms with Crippen LogP contribution in [-0.2, 0) is 0 Å². The van der Waals surface area contributed by atoms with E-state index in [1.807, 2.05) is 39.0 Å². The first kappa shape index (κ1) is 15.9. The van der Waals surface area contributed by atoms with Gasteiger partial charge in [0.25, 0.3) is 0 Å². The Bertz CT molecular complexity index is 654. The summed E-state index contributed by atoms with van der Waals surface area (Å²) in [4.78, 5) is 21.7. The van der Waals surface area contributed by atoms with Crippen molar-refractivity contribution >= 4 is 29.5 Å². The zero-order valence-corrected chi connectivity index (χ0v) is 13.7. The van der Waals surface area contributed by atoms with Gasteiger partial charge in [-0.15, -0.1) is 11.8 Å². The molecule has 1 N–H and O–H groups in total. The Hall–Kier alpha value is -1.53. The van der Waals surface area contributed by atoms with Crippen molar-refractivity contribution < 1.29 is 9.90 Å². The van der Waals surface area contributed by atoms with Gasteiger partial charge in [0.15, 0.2) is 5.16 Å². The lowest BCUT2D eigenvalue weighted by Gasteiger charge is -2.10. The molecule has 0 fully saturated rings. The molecule has 110 valence electrons. The van der Waals surface area contributed by atoms with Crippen LogP contribution < -0.4 is 0 Å². The quantitative estimate of drug-likeness (QED) is 0.662. The van der Waals surface area contributed by atoms with Crippen LogP contribution in [0.1, 0.15) is 28.7 Å². The molecule has 21 heavy (non-hydrogen) atoms. The van der Waals surface area contributed by atoms with Crippen LogP contribution in [0.25, 0.3) is 0 Å². The number of carbonyl (C=O) groups is 1. The topological polar surface area (TPSA) is 63.1 Å². The van der Waals surface area contributed by atoms with Gasteiger partial charge in [0.1, 0.15) is 0 Å².